The molecule has 1 aliphatic heterocycles. The summed E-state index contributed by atoms with van der Waals surface area (Å²) in [6, 6.07) is 12.5. The van der Waals surface area contributed by atoms with E-state index in [0.717, 1.165) is 10.0 Å². The average molecular weight is 551 g/mol. The molecule has 1 saturated heterocycles. The highest BCUT2D eigenvalue weighted by Gasteiger charge is 2.31. The topological polar surface area (TPSA) is 77.1 Å². The number of nitrogens with zero attached hydrogens (tertiary/aromatic N) is 1. The number of ether oxygens (including phenoxy) is 3. The SMILES string of the molecule is COCCCN1C(=O)/C(=C/c2ccc(OCC(=O)Nc3ccc(Br)cc3)c(OC)c2)SC1=S. The van der Waals surface area contributed by atoms with Crippen LogP contribution >= 0.6 is 39.9 Å². The van der Waals surface area contributed by atoms with E-state index in [4.69, 9.17) is 26.4 Å². The number of hydrogen-bond donors (Lipinski definition) is 1. The van der Waals surface area contributed by atoms with Gasteiger partial charge in [-0.2, -0.15) is 0 Å². The molecule has 33 heavy (non-hydrogen) atoms. The largest absolute Gasteiger partial charge is 0.493 e. The molecule has 0 atom stereocenters. The molecule has 174 valence electrons. The Morgan fingerprint density at radius 2 is 1.94 bits per heavy atom. The van der Waals surface area contributed by atoms with E-state index in [1.807, 2.05) is 12.1 Å². The second kappa shape index (κ2) is 12.2. The highest BCUT2D eigenvalue weighted by Crippen LogP contribution is 2.34. The van der Waals surface area contributed by atoms with Gasteiger partial charge in [0.1, 0.15) is 4.32 Å². The van der Waals surface area contributed by atoms with E-state index in [1.165, 1.54) is 18.9 Å². The molecule has 0 aliphatic carbocycles. The number of thioether (sulfide) groups is 1. The maximum absolute atomic E-state index is 12.7. The maximum Gasteiger partial charge on any atom is 0.266 e. The summed E-state index contributed by atoms with van der Waals surface area (Å²) in [5.41, 5.74) is 1.43. The summed E-state index contributed by atoms with van der Waals surface area (Å²) in [7, 11) is 3.14. The van der Waals surface area contributed by atoms with Crippen LogP contribution in [0.15, 0.2) is 51.8 Å². The van der Waals surface area contributed by atoms with E-state index in [2.05, 4.69) is 21.2 Å². The number of nitrogens with one attached hydrogen (secondary N) is 1. The zero-order valence-corrected chi connectivity index (χ0v) is 21.3. The number of halogens is 1. The Hall–Kier alpha value is -2.40. The van der Waals surface area contributed by atoms with Crippen LogP contribution in [0.1, 0.15) is 12.0 Å². The Labute approximate surface area is 210 Å². The van der Waals surface area contributed by atoms with Gasteiger partial charge in [-0.25, -0.2) is 0 Å². The number of amides is 2. The molecule has 0 radical (unpaired) electrons. The van der Waals surface area contributed by atoms with Crippen LogP contribution in [0, 0.1) is 0 Å². The second-order valence-electron chi connectivity index (χ2n) is 6.93. The molecule has 0 aromatic heterocycles. The summed E-state index contributed by atoms with van der Waals surface area (Å²) in [5, 5.41) is 2.77. The van der Waals surface area contributed by atoms with Crippen LogP contribution in [0.5, 0.6) is 11.5 Å². The fraction of sp³-hybridized carbons (Fsp3) is 0.261. The number of benzene rings is 2. The van der Waals surface area contributed by atoms with Gasteiger partial charge in [0, 0.05) is 30.4 Å². The Balaban J connectivity index is 1.63. The monoisotopic (exact) mass is 550 g/mol. The zero-order valence-electron chi connectivity index (χ0n) is 18.1. The maximum atomic E-state index is 12.7. The predicted molar refractivity (Wildman–Crippen MR) is 138 cm³/mol. The van der Waals surface area contributed by atoms with E-state index < -0.39 is 0 Å². The first-order valence-corrected chi connectivity index (χ1v) is 12.0. The lowest BCUT2D eigenvalue weighted by molar-refractivity contribution is -0.122. The molecule has 10 heteroatoms. The molecule has 0 saturated carbocycles. The number of rotatable bonds is 10. The number of methoxy groups -OCH3 is 2. The van der Waals surface area contributed by atoms with Crippen molar-refractivity contribution in [1.82, 2.24) is 4.90 Å². The van der Waals surface area contributed by atoms with Gasteiger partial charge in [-0.1, -0.05) is 46.0 Å². The standard InChI is InChI=1S/C23H23BrN2O5S2/c1-29-11-3-10-26-22(28)20(33-23(26)32)13-15-4-9-18(19(12-15)30-2)31-14-21(27)25-17-7-5-16(24)6-8-17/h4-9,12-13H,3,10-11,14H2,1-2H3,(H,25,27)/b20-13-. The molecule has 0 bridgehead atoms. The molecule has 2 amide bonds. The van der Waals surface area contributed by atoms with Crippen LogP contribution in [0.2, 0.25) is 0 Å². The Morgan fingerprint density at radius 1 is 1.18 bits per heavy atom. The van der Waals surface area contributed by atoms with E-state index in [-0.39, 0.29) is 18.4 Å². The van der Waals surface area contributed by atoms with Crippen LogP contribution in [0.4, 0.5) is 5.69 Å². The fourth-order valence-electron chi connectivity index (χ4n) is 2.98. The average Bonchev–Trinajstić information content (AvgIpc) is 3.07. The van der Waals surface area contributed by atoms with E-state index >= 15 is 0 Å². The summed E-state index contributed by atoms with van der Waals surface area (Å²) < 4.78 is 17.6. The highest BCUT2D eigenvalue weighted by molar-refractivity contribution is 9.10. The van der Waals surface area contributed by atoms with Crippen molar-refractivity contribution in [2.45, 2.75) is 6.42 Å². The van der Waals surface area contributed by atoms with Gasteiger partial charge in [-0.15, -0.1) is 0 Å². The van der Waals surface area contributed by atoms with Gasteiger partial charge in [-0.05, 0) is 54.5 Å². The van der Waals surface area contributed by atoms with Gasteiger partial charge in [-0.3, -0.25) is 14.5 Å². The lowest BCUT2D eigenvalue weighted by Gasteiger charge is -2.13. The summed E-state index contributed by atoms with van der Waals surface area (Å²) in [4.78, 5) is 27.0. The first kappa shape index (κ1) is 25.2. The van der Waals surface area contributed by atoms with Crippen LogP contribution < -0.4 is 14.8 Å². The minimum atomic E-state index is -0.291. The molecular formula is C23H23BrN2O5S2. The summed E-state index contributed by atoms with van der Waals surface area (Å²) >= 11 is 9.97. The van der Waals surface area contributed by atoms with E-state index in [1.54, 1.807) is 48.4 Å². The number of anilines is 1. The first-order chi connectivity index (χ1) is 15.9. The van der Waals surface area contributed by atoms with Gasteiger partial charge < -0.3 is 19.5 Å². The molecule has 7 nitrogen and oxygen atoms in total. The molecule has 3 rings (SSSR count). The number of thiocarbonyl (C=S) groups is 1. The van der Waals surface area contributed by atoms with Crippen molar-refractivity contribution in [3.63, 3.8) is 0 Å². The molecule has 2 aromatic carbocycles. The second-order valence-corrected chi connectivity index (χ2v) is 9.53. The van der Waals surface area contributed by atoms with Crippen molar-refractivity contribution in [3.05, 3.63) is 57.4 Å². The van der Waals surface area contributed by atoms with Crippen molar-refractivity contribution in [2.24, 2.45) is 0 Å². The molecule has 1 N–H and O–H groups in total. The Kier molecular flexibility index (Phi) is 9.30. The number of hydrogen-bond acceptors (Lipinski definition) is 7. The van der Waals surface area contributed by atoms with Crippen LogP contribution in [0.3, 0.4) is 0 Å². The van der Waals surface area contributed by atoms with Gasteiger partial charge in [0.2, 0.25) is 0 Å². The van der Waals surface area contributed by atoms with Gasteiger partial charge in [0.25, 0.3) is 11.8 Å². The summed E-state index contributed by atoms with van der Waals surface area (Å²) in [5.74, 6) is 0.467. The van der Waals surface area contributed by atoms with Gasteiger partial charge >= 0.3 is 0 Å². The van der Waals surface area contributed by atoms with Crippen molar-refractivity contribution in [1.29, 1.82) is 0 Å². The molecule has 0 unspecified atom stereocenters. The third-order valence-electron chi connectivity index (χ3n) is 4.58. The fourth-order valence-corrected chi connectivity index (χ4v) is 4.55. The van der Waals surface area contributed by atoms with E-state index in [0.29, 0.717) is 46.0 Å². The third-order valence-corrected chi connectivity index (χ3v) is 6.48. The van der Waals surface area contributed by atoms with Gasteiger partial charge in [0.15, 0.2) is 18.1 Å². The Morgan fingerprint density at radius 3 is 2.64 bits per heavy atom. The van der Waals surface area contributed by atoms with E-state index in [9.17, 15) is 9.59 Å². The summed E-state index contributed by atoms with van der Waals surface area (Å²) in [6.45, 7) is 0.913. The van der Waals surface area contributed by atoms with Crippen LogP contribution in [0.25, 0.3) is 6.08 Å². The van der Waals surface area contributed by atoms with Gasteiger partial charge in [0.05, 0.1) is 12.0 Å². The van der Waals surface area contributed by atoms with Crippen molar-refractivity contribution >= 4 is 67.8 Å². The highest BCUT2D eigenvalue weighted by atomic mass is 79.9. The quantitative estimate of drug-likeness (QED) is 0.260. The van der Waals surface area contributed by atoms with Crippen LogP contribution in [-0.2, 0) is 14.3 Å². The normalized spacial score (nSPS) is 14.6. The van der Waals surface area contributed by atoms with Crippen LogP contribution in [-0.4, -0.2) is 55.0 Å². The summed E-state index contributed by atoms with van der Waals surface area (Å²) in [6.07, 6.45) is 2.48. The first-order valence-electron chi connectivity index (χ1n) is 10.0. The molecule has 1 aliphatic rings. The van der Waals surface area contributed by atoms with Crippen molar-refractivity contribution in [2.75, 3.05) is 39.3 Å². The minimum absolute atomic E-state index is 0.120. The lowest BCUT2D eigenvalue weighted by Crippen LogP contribution is -2.29. The number of carbonyl (C=O) groups is 2. The molecule has 1 heterocycles. The molecular weight excluding hydrogens is 528 g/mol. The third kappa shape index (κ3) is 7.04. The number of carbonyl (C=O) groups excluding carboxylic acids is 2. The molecule has 2 aromatic rings. The minimum Gasteiger partial charge on any atom is -0.493 e. The lowest BCUT2D eigenvalue weighted by atomic mass is 10.2. The van der Waals surface area contributed by atoms with Crippen molar-refractivity contribution < 1.29 is 23.8 Å². The smallest absolute Gasteiger partial charge is 0.266 e. The molecule has 0 spiro atoms. The Bertz CT molecular complexity index is 1060. The zero-order chi connectivity index (χ0) is 23.8. The van der Waals surface area contributed by atoms with Crippen molar-refractivity contribution in [3.8, 4) is 11.5 Å². The predicted octanol–water partition coefficient (Wildman–Crippen LogP) is 4.71. The molecule has 1 fully saturated rings.